The number of rotatable bonds is 4. The largest absolute Gasteiger partial charge is 0.481 e. The third-order valence-electron chi connectivity index (χ3n) is 3.17. The van der Waals surface area contributed by atoms with E-state index in [9.17, 15) is 14.4 Å². The van der Waals surface area contributed by atoms with Gasteiger partial charge < -0.3 is 10.0 Å². The summed E-state index contributed by atoms with van der Waals surface area (Å²) < 4.78 is 0. The Labute approximate surface area is 116 Å². The predicted molar refractivity (Wildman–Crippen MR) is 70.7 cm³/mol. The average Bonchev–Trinajstić information content (AvgIpc) is 2.82. The predicted octanol–water partition coefficient (Wildman–Crippen LogP) is 1.49. The van der Waals surface area contributed by atoms with E-state index < -0.39 is 17.9 Å². The molecule has 6 nitrogen and oxygen atoms in total. The van der Waals surface area contributed by atoms with Crippen molar-refractivity contribution < 1.29 is 19.5 Å². The SMILES string of the molecule is O=C(O)CCCC(=O)NC(=O)N1Cc2ccccc2C1. The van der Waals surface area contributed by atoms with Crippen molar-refractivity contribution in [3.63, 3.8) is 0 Å². The van der Waals surface area contributed by atoms with Crippen LogP contribution in [0.5, 0.6) is 0 Å². The van der Waals surface area contributed by atoms with Crippen molar-refractivity contribution in [1.82, 2.24) is 10.2 Å². The second-order valence-corrected chi connectivity index (χ2v) is 4.73. The van der Waals surface area contributed by atoms with E-state index in [1.54, 1.807) is 4.90 Å². The molecule has 0 radical (unpaired) electrons. The third-order valence-corrected chi connectivity index (χ3v) is 3.17. The third kappa shape index (κ3) is 3.57. The number of imide groups is 1. The summed E-state index contributed by atoms with van der Waals surface area (Å²) in [4.78, 5) is 35.3. The van der Waals surface area contributed by atoms with Crippen molar-refractivity contribution in [3.05, 3.63) is 35.4 Å². The first kappa shape index (κ1) is 14.0. The Morgan fingerprint density at radius 2 is 1.70 bits per heavy atom. The van der Waals surface area contributed by atoms with Crippen LogP contribution >= 0.6 is 0 Å². The van der Waals surface area contributed by atoms with Gasteiger partial charge in [-0.25, -0.2) is 4.79 Å². The van der Waals surface area contributed by atoms with Gasteiger partial charge in [-0.1, -0.05) is 24.3 Å². The summed E-state index contributed by atoms with van der Waals surface area (Å²) in [6.45, 7) is 0.981. The number of carbonyl (C=O) groups is 3. The van der Waals surface area contributed by atoms with Crippen molar-refractivity contribution in [3.8, 4) is 0 Å². The second-order valence-electron chi connectivity index (χ2n) is 4.73. The molecule has 0 aliphatic carbocycles. The fourth-order valence-electron chi connectivity index (χ4n) is 2.14. The van der Waals surface area contributed by atoms with Gasteiger partial charge in [-0.2, -0.15) is 0 Å². The van der Waals surface area contributed by atoms with Crippen LogP contribution in [0.3, 0.4) is 0 Å². The number of hydrogen-bond donors (Lipinski definition) is 2. The summed E-state index contributed by atoms with van der Waals surface area (Å²) in [6, 6.07) is 7.31. The molecular formula is C14H16N2O4. The fourth-order valence-corrected chi connectivity index (χ4v) is 2.14. The molecule has 1 aromatic carbocycles. The number of carbonyl (C=O) groups excluding carboxylic acids is 2. The molecule has 2 N–H and O–H groups in total. The molecule has 0 aromatic heterocycles. The highest BCUT2D eigenvalue weighted by Gasteiger charge is 2.23. The van der Waals surface area contributed by atoms with Gasteiger partial charge in [0.1, 0.15) is 0 Å². The van der Waals surface area contributed by atoms with Gasteiger partial charge >= 0.3 is 12.0 Å². The summed E-state index contributed by atoms with van der Waals surface area (Å²) in [5, 5.41) is 10.8. The first-order valence-corrected chi connectivity index (χ1v) is 6.43. The molecule has 0 bridgehead atoms. The maximum absolute atomic E-state index is 11.9. The van der Waals surface area contributed by atoms with Crippen LogP contribution in [-0.2, 0) is 22.7 Å². The van der Waals surface area contributed by atoms with E-state index in [2.05, 4.69) is 5.32 Å². The minimum Gasteiger partial charge on any atom is -0.481 e. The molecule has 0 fully saturated rings. The van der Waals surface area contributed by atoms with Crippen LogP contribution in [-0.4, -0.2) is 27.9 Å². The molecule has 1 aromatic rings. The number of amides is 3. The maximum Gasteiger partial charge on any atom is 0.324 e. The van der Waals surface area contributed by atoms with E-state index in [4.69, 9.17) is 5.11 Å². The lowest BCUT2D eigenvalue weighted by molar-refractivity contribution is -0.137. The molecular weight excluding hydrogens is 260 g/mol. The van der Waals surface area contributed by atoms with E-state index in [1.807, 2.05) is 24.3 Å². The minimum atomic E-state index is -0.945. The summed E-state index contributed by atoms with van der Waals surface area (Å²) >= 11 is 0. The molecule has 20 heavy (non-hydrogen) atoms. The molecule has 0 saturated heterocycles. The Balaban J connectivity index is 1.79. The molecule has 6 heteroatoms. The highest BCUT2D eigenvalue weighted by atomic mass is 16.4. The maximum atomic E-state index is 11.9. The first-order chi connectivity index (χ1) is 9.56. The number of hydrogen-bond acceptors (Lipinski definition) is 3. The number of aliphatic carboxylic acids is 1. The van der Waals surface area contributed by atoms with E-state index in [1.165, 1.54) is 0 Å². The number of benzene rings is 1. The highest BCUT2D eigenvalue weighted by molar-refractivity contribution is 5.94. The van der Waals surface area contributed by atoms with Gasteiger partial charge in [-0.15, -0.1) is 0 Å². The second kappa shape index (κ2) is 6.18. The van der Waals surface area contributed by atoms with Gasteiger partial charge in [0.25, 0.3) is 0 Å². The quantitative estimate of drug-likeness (QED) is 0.872. The Bertz CT molecular complexity index is 517. The summed E-state index contributed by atoms with van der Waals surface area (Å²) in [7, 11) is 0. The normalized spacial score (nSPS) is 12.9. The molecule has 3 amide bonds. The monoisotopic (exact) mass is 276 g/mol. The Morgan fingerprint density at radius 1 is 1.10 bits per heavy atom. The van der Waals surface area contributed by atoms with Crippen LogP contribution in [0.2, 0.25) is 0 Å². The van der Waals surface area contributed by atoms with Gasteiger partial charge in [0.05, 0.1) is 0 Å². The fraction of sp³-hybridized carbons (Fsp3) is 0.357. The smallest absolute Gasteiger partial charge is 0.324 e. The topological polar surface area (TPSA) is 86.7 Å². The summed E-state index contributed by atoms with van der Waals surface area (Å²) in [5.41, 5.74) is 2.17. The standard InChI is InChI=1S/C14H16N2O4/c17-12(6-3-7-13(18)19)15-14(20)16-8-10-4-1-2-5-11(10)9-16/h1-2,4-5H,3,6-9H2,(H,18,19)(H,15,17,20). The molecule has 0 unspecified atom stereocenters. The number of nitrogens with one attached hydrogen (secondary N) is 1. The summed E-state index contributed by atoms with van der Waals surface area (Å²) in [5.74, 6) is -1.38. The number of carboxylic acid groups (broad SMARTS) is 1. The molecule has 0 atom stereocenters. The molecule has 1 aliphatic rings. The molecule has 0 saturated carbocycles. The van der Waals surface area contributed by atoms with E-state index in [-0.39, 0.29) is 19.3 Å². The van der Waals surface area contributed by atoms with Crippen LogP contribution < -0.4 is 5.32 Å². The Kier molecular flexibility index (Phi) is 4.34. The van der Waals surface area contributed by atoms with Crippen LogP contribution in [0.25, 0.3) is 0 Å². The van der Waals surface area contributed by atoms with E-state index in [0.29, 0.717) is 13.1 Å². The van der Waals surface area contributed by atoms with Crippen molar-refractivity contribution in [2.45, 2.75) is 32.4 Å². The van der Waals surface area contributed by atoms with E-state index >= 15 is 0 Å². The molecule has 1 aliphatic heterocycles. The lowest BCUT2D eigenvalue weighted by Gasteiger charge is -2.15. The molecule has 1 heterocycles. The Hall–Kier alpha value is -2.37. The van der Waals surface area contributed by atoms with Gasteiger partial charge in [0, 0.05) is 25.9 Å². The molecule has 2 rings (SSSR count). The zero-order valence-corrected chi connectivity index (χ0v) is 11.0. The Morgan fingerprint density at radius 3 is 2.25 bits per heavy atom. The zero-order chi connectivity index (χ0) is 14.5. The average molecular weight is 276 g/mol. The van der Waals surface area contributed by atoms with Gasteiger partial charge in [0.15, 0.2) is 0 Å². The van der Waals surface area contributed by atoms with E-state index in [0.717, 1.165) is 11.1 Å². The lowest BCUT2D eigenvalue weighted by atomic mass is 10.1. The molecule has 106 valence electrons. The van der Waals surface area contributed by atoms with Gasteiger partial charge in [0.2, 0.25) is 5.91 Å². The number of urea groups is 1. The number of nitrogens with zero attached hydrogens (tertiary/aromatic N) is 1. The van der Waals surface area contributed by atoms with Crippen molar-refractivity contribution >= 4 is 17.9 Å². The molecule has 0 spiro atoms. The zero-order valence-electron chi connectivity index (χ0n) is 11.0. The van der Waals surface area contributed by atoms with Crippen molar-refractivity contribution in [2.75, 3.05) is 0 Å². The van der Waals surface area contributed by atoms with Crippen molar-refractivity contribution in [1.29, 1.82) is 0 Å². The summed E-state index contributed by atoms with van der Waals surface area (Å²) in [6.07, 6.45) is 0.199. The van der Waals surface area contributed by atoms with Crippen LogP contribution in [0.15, 0.2) is 24.3 Å². The number of fused-ring (bicyclic) bond motifs is 1. The van der Waals surface area contributed by atoms with Crippen molar-refractivity contribution in [2.24, 2.45) is 0 Å². The lowest BCUT2D eigenvalue weighted by Crippen LogP contribution is -2.40. The number of carboxylic acids is 1. The minimum absolute atomic E-state index is 0.0405. The van der Waals surface area contributed by atoms with Gasteiger partial charge in [-0.3, -0.25) is 14.9 Å². The highest BCUT2D eigenvalue weighted by Crippen LogP contribution is 2.21. The first-order valence-electron chi connectivity index (χ1n) is 6.43. The van der Waals surface area contributed by atoms with Gasteiger partial charge in [-0.05, 0) is 17.5 Å². The van der Waals surface area contributed by atoms with Crippen LogP contribution in [0, 0.1) is 0 Å². The van der Waals surface area contributed by atoms with Crippen LogP contribution in [0.4, 0.5) is 4.79 Å². The van der Waals surface area contributed by atoms with Crippen LogP contribution in [0.1, 0.15) is 30.4 Å².